The highest BCUT2D eigenvalue weighted by atomic mass is 19.1. The van der Waals surface area contributed by atoms with Gasteiger partial charge in [-0.2, -0.15) is 0 Å². The van der Waals surface area contributed by atoms with Crippen LogP contribution >= 0.6 is 0 Å². The number of benzene rings is 3. The van der Waals surface area contributed by atoms with Crippen LogP contribution < -0.4 is 4.74 Å². The van der Waals surface area contributed by atoms with Gasteiger partial charge in [-0.05, 0) is 114 Å². The summed E-state index contributed by atoms with van der Waals surface area (Å²) >= 11 is 0. The number of Topliss-reactive ketones (excluding diaryl/α,β-unsaturated/α-hetero) is 1. The minimum absolute atomic E-state index is 0.0797. The molecule has 1 aliphatic rings. The van der Waals surface area contributed by atoms with Crippen LogP contribution in [0.4, 0.5) is 4.39 Å². The smallest absolute Gasteiger partial charge is 0.350 e. The molecule has 0 saturated carbocycles. The summed E-state index contributed by atoms with van der Waals surface area (Å²) in [5.41, 5.74) is 3.14. The fourth-order valence-electron chi connectivity index (χ4n) is 5.74. The van der Waals surface area contributed by atoms with Gasteiger partial charge in [-0.15, -0.1) is 0 Å². The molecule has 42 heavy (non-hydrogen) atoms. The van der Waals surface area contributed by atoms with Crippen LogP contribution in [-0.2, 0) is 22.5 Å². The summed E-state index contributed by atoms with van der Waals surface area (Å²) in [4.78, 5) is 28.7. The summed E-state index contributed by atoms with van der Waals surface area (Å²) in [6.07, 6.45) is 1.67. The Morgan fingerprint density at radius 3 is 2.10 bits per heavy atom. The average molecular weight is 574 g/mol. The maximum absolute atomic E-state index is 13.6. The molecule has 224 valence electrons. The zero-order valence-corrected chi connectivity index (χ0v) is 26.0. The van der Waals surface area contributed by atoms with Gasteiger partial charge in [0.05, 0.1) is 0 Å². The van der Waals surface area contributed by atoms with Crippen LogP contribution in [0.5, 0.6) is 5.75 Å². The van der Waals surface area contributed by atoms with E-state index in [9.17, 15) is 14.0 Å². The summed E-state index contributed by atoms with van der Waals surface area (Å²) in [5, 5.41) is 0. The molecule has 0 spiro atoms. The number of carbonyl (C=O) groups excluding carboxylic acids is 2. The highest BCUT2D eigenvalue weighted by Gasteiger charge is 2.38. The van der Waals surface area contributed by atoms with E-state index in [4.69, 9.17) is 9.47 Å². The molecular weight excluding hydrogens is 529 g/mol. The number of esters is 1. The molecule has 0 aromatic heterocycles. The van der Waals surface area contributed by atoms with E-state index in [0.717, 1.165) is 37.1 Å². The third-order valence-corrected chi connectivity index (χ3v) is 7.80. The van der Waals surface area contributed by atoms with E-state index in [-0.39, 0.29) is 23.4 Å². The first-order valence-electron chi connectivity index (χ1n) is 14.8. The third kappa shape index (κ3) is 8.07. The fraction of sp³-hybridized carbons (Fsp3) is 0.444. The first-order valence-corrected chi connectivity index (χ1v) is 14.8. The second-order valence-electron chi connectivity index (χ2n) is 13.1. The summed E-state index contributed by atoms with van der Waals surface area (Å²) < 4.78 is 25.4. The first-order chi connectivity index (χ1) is 19.7. The Balaban J connectivity index is 1.48. The van der Waals surface area contributed by atoms with E-state index >= 15 is 0 Å². The molecule has 3 aromatic rings. The zero-order chi connectivity index (χ0) is 30.7. The van der Waals surface area contributed by atoms with E-state index in [1.54, 1.807) is 26.0 Å². The number of ketones is 1. The number of rotatable bonds is 10. The monoisotopic (exact) mass is 573 g/mol. The quantitative estimate of drug-likeness (QED) is 0.186. The number of carbonyl (C=O) groups is 2. The van der Waals surface area contributed by atoms with Crippen LogP contribution in [-0.4, -0.2) is 40.9 Å². The molecule has 5 nitrogen and oxygen atoms in total. The lowest BCUT2D eigenvalue weighted by atomic mass is 9.84. The van der Waals surface area contributed by atoms with Crippen LogP contribution in [0.25, 0.3) is 0 Å². The Morgan fingerprint density at radius 1 is 0.881 bits per heavy atom. The molecule has 6 heteroatoms. The number of hydrogen-bond donors (Lipinski definition) is 0. The molecule has 1 aliphatic heterocycles. The van der Waals surface area contributed by atoms with Crippen molar-refractivity contribution in [3.05, 3.63) is 100 Å². The molecule has 0 bridgehead atoms. The van der Waals surface area contributed by atoms with Crippen LogP contribution in [0.15, 0.2) is 66.7 Å². The molecule has 1 saturated heterocycles. The molecule has 2 atom stereocenters. The Hall–Kier alpha value is -3.51. The van der Waals surface area contributed by atoms with Crippen molar-refractivity contribution in [1.29, 1.82) is 0 Å². The van der Waals surface area contributed by atoms with Crippen molar-refractivity contribution in [3.63, 3.8) is 0 Å². The van der Waals surface area contributed by atoms with Crippen molar-refractivity contribution in [1.82, 2.24) is 4.90 Å². The van der Waals surface area contributed by atoms with Gasteiger partial charge in [-0.1, -0.05) is 42.5 Å². The Kier molecular flexibility index (Phi) is 9.56. The number of ether oxygens (including phenoxy) is 2. The molecule has 1 fully saturated rings. The molecule has 0 N–H and O–H groups in total. The fourth-order valence-corrected chi connectivity index (χ4v) is 5.74. The van der Waals surface area contributed by atoms with E-state index in [1.165, 1.54) is 23.3 Å². The van der Waals surface area contributed by atoms with Crippen LogP contribution in [0, 0.1) is 31.5 Å². The van der Waals surface area contributed by atoms with Crippen molar-refractivity contribution >= 4 is 11.8 Å². The standard InChI is InChI=1S/C36H44FNO4/c1-24-19-27(20-25(2)33(24)41-36(6,7)34(40)42-35(3,4)5)13-14-29-22-38(21-26-11-9-8-10-12-26)23-31(29)32(39)28-15-17-30(37)18-16-28/h8-12,15-20,29,31H,13-14,21-23H2,1-7H3/t29?,31-/m0/s1. The zero-order valence-electron chi connectivity index (χ0n) is 26.0. The molecule has 0 radical (unpaired) electrons. The second kappa shape index (κ2) is 12.8. The van der Waals surface area contributed by atoms with Crippen molar-refractivity contribution < 1.29 is 23.5 Å². The first kappa shape index (κ1) is 31.4. The van der Waals surface area contributed by atoms with Gasteiger partial charge >= 0.3 is 5.97 Å². The summed E-state index contributed by atoms with van der Waals surface area (Å²) in [6, 6.07) is 20.5. The number of likely N-dealkylation sites (tertiary alicyclic amines) is 1. The molecule has 0 aliphatic carbocycles. The Morgan fingerprint density at radius 2 is 1.50 bits per heavy atom. The van der Waals surface area contributed by atoms with Crippen LogP contribution in [0.3, 0.4) is 0 Å². The lowest BCUT2D eigenvalue weighted by molar-refractivity contribution is -0.171. The minimum Gasteiger partial charge on any atom is -0.476 e. The lowest BCUT2D eigenvalue weighted by Crippen LogP contribution is -2.43. The number of hydrogen-bond acceptors (Lipinski definition) is 5. The normalized spacial score (nSPS) is 17.7. The summed E-state index contributed by atoms with van der Waals surface area (Å²) in [5.74, 6) is 0.0429. The van der Waals surface area contributed by atoms with Crippen LogP contribution in [0.1, 0.15) is 73.7 Å². The summed E-state index contributed by atoms with van der Waals surface area (Å²) in [7, 11) is 0. The maximum Gasteiger partial charge on any atom is 0.350 e. The number of nitrogens with zero attached hydrogens (tertiary/aromatic N) is 1. The maximum atomic E-state index is 13.6. The second-order valence-corrected chi connectivity index (χ2v) is 13.1. The largest absolute Gasteiger partial charge is 0.476 e. The molecule has 3 aromatic carbocycles. The van der Waals surface area contributed by atoms with Gasteiger partial charge in [0, 0.05) is 31.1 Å². The van der Waals surface area contributed by atoms with Gasteiger partial charge in [0.1, 0.15) is 17.2 Å². The number of halogens is 1. The van der Waals surface area contributed by atoms with Gasteiger partial charge in [0.2, 0.25) is 0 Å². The van der Waals surface area contributed by atoms with Crippen molar-refractivity contribution in [2.24, 2.45) is 11.8 Å². The number of aryl methyl sites for hydroxylation is 3. The topological polar surface area (TPSA) is 55.8 Å². The Bertz CT molecular complexity index is 1370. The molecule has 4 rings (SSSR count). The molecular formula is C36H44FNO4. The average Bonchev–Trinajstić information content (AvgIpc) is 3.31. The third-order valence-electron chi connectivity index (χ3n) is 7.80. The predicted molar refractivity (Wildman–Crippen MR) is 164 cm³/mol. The summed E-state index contributed by atoms with van der Waals surface area (Å²) in [6.45, 7) is 15.3. The highest BCUT2D eigenvalue weighted by Crippen LogP contribution is 2.34. The van der Waals surface area contributed by atoms with E-state index in [2.05, 4.69) is 29.2 Å². The van der Waals surface area contributed by atoms with Gasteiger partial charge in [0.15, 0.2) is 11.4 Å². The van der Waals surface area contributed by atoms with Gasteiger partial charge in [-0.25, -0.2) is 9.18 Å². The lowest BCUT2D eigenvalue weighted by Gasteiger charge is -2.30. The minimum atomic E-state index is -1.13. The van der Waals surface area contributed by atoms with Crippen molar-refractivity contribution in [3.8, 4) is 5.75 Å². The van der Waals surface area contributed by atoms with E-state index < -0.39 is 17.2 Å². The van der Waals surface area contributed by atoms with Gasteiger partial charge in [0.25, 0.3) is 0 Å². The molecule has 1 heterocycles. The van der Waals surface area contributed by atoms with Crippen molar-refractivity contribution in [2.75, 3.05) is 13.1 Å². The Labute approximate surface area is 250 Å². The molecule has 0 amide bonds. The highest BCUT2D eigenvalue weighted by molar-refractivity contribution is 5.98. The van der Waals surface area contributed by atoms with Gasteiger partial charge in [-0.3, -0.25) is 9.69 Å². The predicted octanol–water partition coefficient (Wildman–Crippen LogP) is 7.51. The molecule has 1 unspecified atom stereocenters. The van der Waals surface area contributed by atoms with Crippen LogP contribution in [0.2, 0.25) is 0 Å². The SMILES string of the molecule is Cc1cc(CCC2CN(Cc3ccccc3)C[C@@H]2C(=O)c2ccc(F)cc2)cc(C)c1OC(C)(C)C(=O)OC(C)(C)C. The van der Waals surface area contributed by atoms with E-state index in [0.29, 0.717) is 17.9 Å². The van der Waals surface area contributed by atoms with E-state index in [1.807, 2.05) is 52.8 Å². The van der Waals surface area contributed by atoms with Gasteiger partial charge < -0.3 is 9.47 Å². The van der Waals surface area contributed by atoms with Crippen molar-refractivity contribution in [2.45, 2.75) is 79.1 Å².